The van der Waals surface area contributed by atoms with Gasteiger partial charge in [-0.15, -0.1) is 0 Å². The average molecular weight is 164 g/mol. The summed E-state index contributed by atoms with van der Waals surface area (Å²) >= 11 is 0. The van der Waals surface area contributed by atoms with Crippen molar-refractivity contribution >= 4 is 5.96 Å². The van der Waals surface area contributed by atoms with Gasteiger partial charge >= 0.3 is 0 Å². The fourth-order valence-electron chi connectivity index (χ4n) is 1.93. The molecule has 2 N–H and O–H groups in total. The lowest BCUT2D eigenvalue weighted by molar-refractivity contribution is 0.384. The zero-order valence-corrected chi connectivity index (χ0v) is 6.88. The number of nitrogens with one attached hydrogen (secondary N) is 2. The SMILES string of the molecule is N#CNC1=N[C@@H]2CCCC[C@@H]2N1. The number of rotatable bonds is 0. The van der Waals surface area contributed by atoms with Crippen LogP contribution in [0.3, 0.4) is 0 Å². The molecule has 64 valence electrons. The van der Waals surface area contributed by atoms with E-state index in [0.29, 0.717) is 18.0 Å². The molecule has 0 unspecified atom stereocenters. The van der Waals surface area contributed by atoms with Gasteiger partial charge in [-0.3, -0.25) is 5.32 Å². The Hall–Kier alpha value is -1.24. The third kappa shape index (κ3) is 1.22. The number of nitrogens with zero attached hydrogens (tertiary/aromatic N) is 2. The molecule has 1 heterocycles. The summed E-state index contributed by atoms with van der Waals surface area (Å²) in [6, 6.07) is 0.893. The Morgan fingerprint density at radius 1 is 1.50 bits per heavy atom. The van der Waals surface area contributed by atoms with Gasteiger partial charge in [0.1, 0.15) is 0 Å². The van der Waals surface area contributed by atoms with Crippen LogP contribution in [-0.4, -0.2) is 18.0 Å². The Labute approximate surface area is 71.7 Å². The monoisotopic (exact) mass is 164 g/mol. The van der Waals surface area contributed by atoms with Crippen LogP contribution in [0, 0.1) is 11.5 Å². The molecule has 1 saturated carbocycles. The van der Waals surface area contributed by atoms with E-state index in [1.54, 1.807) is 0 Å². The van der Waals surface area contributed by atoms with Gasteiger partial charge in [-0.05, 0) is 12.8 Å². The van der Waals surface area contributed by atoms with Crippen LogP contribution in [0.15, 0.2) is 4.99 Å². The third-order valence-corrected chi connectivity index (χ3v) is 2.52. The first-order valence-electron chi connectivity index (χ1n) is 4.39. The first-order chi connectivity index (χ1) is 5.90. The second-order valence-electron chi connectivity index (χ2n) is 3.32. The molecule has 0 bridgehead atoms. The third-order valence-electron chi connectivity index (χ3n) is 2.52. The lowest BCUT2D eigenvalue weighted by Crippen LogP contribution is -2.40. The summed E-state index contributed by atoms with van der Waals surface area (Å²) in [5.74, 6) is 0.661. The van der Waals surface area contributed by atoms with E-state index in [9.17, 15) is 0 Å². The zero-order valence-electron chi connectivity index (χ0n) is 6.88. The van der Waals surface area contributed by atoms with Gasteiger partial charge in [-0.25, -0.2) is 4.99 Å². The maximum absolute atomic E-state index is 8.38. The number of nitriles is 1. The summed E-state index contributed by atoms with van der Waals surface area (Å²) in [6.45, 7) is 0. The molecule has 4 heteroatoms. The van der Waals surface area contributed by atoms with Crippen LogP contribution in [-0.2, 0) is 0 Å². The standard InChI is InChI=1S/C8H12N4/c9-5-10-8-11-6-3-1-2-4-7(6)12-8/h6-7H,1-4H2,(H2,10,11,12)/t6-,7+. The Bertz CT molecular complexity index is 240. The normalized spacial score (nSPS) is 32.8. The van der Waals surface area contributed by atoms with Crippen molar-refractivity contribution < 1.29 is 0 Å². The molecule has 1 fully saturated rings. The van der Waals surface area contributed by atoms with Crippen LogP contribution in [0.25, 0.3) is 0 Å². The predicted octanol–water partition coefficient (Wildman–Crippen LogP) is 0.327. The van der Waals surface area contributed by atoms with Gasteiger partial charge < -0.3 is 5.32 Å². The first-order valence-corrected chi connectivity index (χ1v) is 4.39. The van der Waals surface area contributed by atoms with Crippen molar-refractivity contribution in [2.45, 2.75) is 37.8 Å². The maximum atomic E-state index is 8.38. The van der Waals surface area contributed by atoms with Gasteiger partial charge in [0.2, 0.25) is 5.96 Å². The zero-order chi connectivity index (χ0) is 8.39. The molecule has 0 aromatic rings. The van der Waals surface area contributed by atoms with Crippen molar-refractivity contribution in [1.82, 2.24) is 10.6 Å². The fourth-order valence-corrected chi connectivity index (χ4v) is 1.93. The molecule has 0 saturated heterocycles. The van der Waals surface area contributed by atoms with Gasteiger partial charge in [0, 0.05) is 0 Å². The number of hydrogen-bond acceptors (Lipinski definition) is 4. The average Bonchev–Trinajstić information content (AvgIpc) is 2.47. The van der Waals surface area contributed by atoms with Crippen LogP contribution >= 0.6 is 0 Å². The predicted molar refractivity (Wildman–Crippen MR) is 45.4 cm³/mol. The molecule has 4 nitrogen and oxygen atoms in total. The first kappa shape index (κ1) is 7.41. The van der Waals surface area contributed by atoms with Crippen molar-refractivity contribution in [2.75, 3.05) is 0 Å². The summed E-state index contributed by atoms with van der Waals surface area (Å²) < 4.78 is 0. The van der Waals surface area contributed by atoms with E-state index in [2.05, 4.69) is 15.6 Å². The van der Waals surface area contributed by atoms with E-state index >= 15 is 0 Å². The maximum Gasteiger partial charge on any atom is 0.205 e. The summed E-state index contributed by atoms with van der Waals surface area (Å²) in [6.07, 6.45) is 6.77. The van der Waals surface area contributed by atoms with Gasteiger partial charge in [0.05, 0.1) is 12.1 Å². The van der Waals surface area contributed by atoms with Gasteiger partial charge in [0.25, 0.3) is 0 Å². The van der Waals surface area contributed by atoms with E-state index in [4.69, 9.17) is 5.26 Å². The molecule has 1 aliphatic heterocycles. The van der Waals surface area contributed by atoms with Crippen molar-refractivity contribution in [1.29, 1.82) is 5.26 Å². The van der Waals surface area contributed by atoms with E-state index in [-0.39, 0.29) is 0 Å². The van der Waals surface area contributed by atoms with Gasteiger partial charge in [-0.1, -0.05) is 12.8 Å². The molecule has 12 heavy (non-hydrogen) atoms. The van der Waals surface area contributed by atoms with Crippen LogP contribution < -0.4 is 10.6 Å². The molecular formula is C8H12N4. The van der Waals surface area contributed by atoms with Gasteiger partial charge in [0.15, 0.2) is 6.19 Å². The number of aliphatic imine (C=N–C) groups is 1. The Morgan fingerprint density at radius 3 is 3.08 bits per heavy atom. The van der Waals surface area contributed by atoms with Crippen LogP contribution in [0.1, 0.15) is 25.7 Å². The minimum atomic E-state index is 0.412. The molecule has 0 spiro atoms. The molecular weight excluding hydrogens is 152 g/mol. The summed E-state index contributed by atoms with van der Waals surface area (Å²) in [5.41, 5.74) is 0. The van der Waals surface area contributed by atoms with E-state index < -0.39 is 0 Å². The Kier molecular flexibility index (Phi) is 1.86. The summed E-state index contributed by atoms with van der Waals surface area (Å²) in [5, 5.41) is 14.1. The molecule has 2 atom stereocenters. The molecule has 2 aliphatic rings. The molecule has 1 aliphatic carbocycles. The topological polar surface area (TPSA) is 60.2 Å². The quantitative estimate of drug-likeness (QED) is 0.400. The minimum Gasteiger partial charge on any atom is -0.351 e. The second kappa shape index (κ2) is 3.02. The lowest BCUT2D eigenvalue weighted by Gasteiger charge is -2.22. The highest BCUT2D eigenvalue weighted by molar-refractivity contribution is 5.83. The highest BCUT2D eigenvalue weighted by Crippen LogP contribution is 2.23. The van der Waals surface area contributed by atoms with Crippen molar-refractivity contribution in [3.8, 4) is 6.19 Å². The summed E-state index contributed by atoms with van der Waals surface area (Å²) in [4.78, 5) is 4.37. The Morgan fingerprint density at radius 2 is 2.33 bits per heavy atom. The number of guanidine groups is 1. The second-order valence-corrected chi connectivity index (χ2v) is 3.32. The highest BCUT2D eigenvalue weighted by Gasteiger charge is 2.30. The van der Waals surface area contributed by atoms with Gasteiger partial charge in [-0.2, -0.15) is 5.26 Å². The molecule has 0 radical (unpaired) electrons. The van der Waals surface area contributed by atoms with E-state index in [1.165, 1.54) is 19.3 Å². The highest BCUT2D eigenvalue weighted by atomic mass is 15.2. The largest absolute Gasteiger partial charge is 0.351 e. The number of hydrogen-bond donors (Lipinski definition) is 2. The molecule has 0 amide bonds. The molecule has 0 aromatic carbocycles. The van der Waals surface area contributed by atoms with Crippen molar-refractivity contribution in [3.63, 3.8) is 0 Å². The minimum absolute atomic E-state index is 0.412. The molecule has 0 aromatic heterocycles. The molecule has 2 rings (SSSR count). The van der Waals surface area contributed by atoms with E-state index in [0.717, 1.165) is 6.42 Å². The van der Waals surface area contributed by atoms with Crippen molar-refractivity contribution in [2.24, 2.45) is 4.99 Å². The summed E-state index contributed by atoms with van der Waals surface area (Å²) in [7, 11) is 0. The smallest absolute Gasteiger partial charge is 0.205 e. The lowest BCUT2D eigenvalue weighted by atomic mass is 9.92. The van der Waals surface area contributed by atoms with Crippen LogP contribution in [0.5, 0.6) is 0 Å². The Balaban J connectivity index is 2.00. The van der Waals surface area contributed by atoms with Crippen LogP contribution in [0.2, 0.25) is 0 Å². The van der Waals surface area contributed by atoms with Crippen molar-refractivity contribution in [3.05, 3.63) is 0 Å². The van der Waals surface area contributed by atoms with Crippen LogP contribution in [0.4, 0.5) is 0 Å². The number of fused-ring (bicyclic) bond motifs is 1. The van der Waals surface area contributed by atoms with E-state index in [1.807, 2.05) is 6.19 Å². The fraction of sp³-hybridized carbons (Fsp3) is 0.750.